The first-order valence-corrected chi connectivity index (χ1v) is 11.4. The van der Waals surface area contributed by atoms with Crippen molar-refractivity contribution >= 4 is 17.4 Å². The molecule has 1 atom stereocenters. The second kappa shape index (κ2) is 10.1. The Morgan fingerprint density at radius 2 is 2.06 bits per heavy atom. The van der Waals surface area contributed by atoms with E-state index in [0.29, 0.717) is 54.9 Å². The van der Waals surface area contributed by atoms with Crippen molar-refractivity contribution in [3.8, 4) is 11.1 Å². The van der Waals surface area contributed by atoms with E-state index in [4.69, 9.17) is 4.74 Å². The minimum atomic E-state index is -3.18. The van der Waals surface area contributed by atoms with Crippen molar-refractivity contribution in [3.63, 3.8) is 0 Å². The second-order valence-corrected chi connectivity index (χ2v) is 8.75. The molecule has 1 aliphatic heterocycles. The number of nitrogens with zero attached hydrogens (tertiary/aromatic N) is 4. The maximum atomic E-state index is 13.6. The van der Waals surface area contributed by atoms with Gasteiger partial charge >= 0.3 is 0 Å². The molecule has 1 fully saturated rings. The van der Waals surface area contributed by atoms with E-state index in [1.165, 1.54) is 22.9 Å². The fourth-order valence-corrected chi connectivity index (χ4v) is 4.03. The molecule has 3 aromatic heterocycles. The molecular formula is C25H27F2N5O4. The number of halogens is 2. The first-order valence-electron chi connectivity index (χ1n) is 11.4. The highest BCUT2D eigenvalue weighted by Gasteiger charge is 2.27. The molecule has 1 amide bonds. The maximum absolute atomic E-state index is 13.6. The number of morpholine rings is 1. The molecule has 1 saturated heterocycles. The highest BCUT2D eigenvalue weighted by Crippen LogP contribution is 2.29. The Balaban J connectivity index is 1.65. The van der Waals surface area contributed by atoms with Gasteiger partial charge in [-0.3, -0.25) is 24.1 Å². The number of hydrogen-bond donors (Lipinski definition) is 2. The Morgan fingerprint density at radius 1 is 1.28 bits per heavy atom. The van der Waals surface area contributed by atoms with E-state index in [-0.39, 0.29) is 23.8 Å². The molecule has 2 N–H and O–H groups in total. The van der Waals surface area contributed by atoms with Gasteiger partial charge in [-0.15, -0.1) is 0 Å². The third-order valence-electron chi connectivity index (χ3n) is 6.03. The van der Waals surface area contributed by atoms with Crippen LogP contribution in [0.5, 0.6) is 0 Å². The zero-order valence-electron chi connectivity index (χ0n) is 20.2. The lowest BCUT2D eigenvalue weighted by atomic mass is 10.0. The van der Waals surface area contributed by atoms with Gasteiger partial charge < -0.3 is 20.1 Å². The molecule has 0 bridgehead atoms. The molecule has 1 unspecified atom stereocenters. The molecule has 0 saturated carbocycles. The molecule has 9 nitrogen and oxygen atoms in total. The Labute approximate surface area is 206 Å². The molecule has 0 radical (unpaired) electrons. The molecule has 0 aromatic carbocycles. The number of rotatable bonds is 6. The first kappa shape index (κ1) is 25.4. The van der Waals surface area contributed by atoms with Crippen LogP contribution in [0.15, 0.2) is 47.5 Å². The summed E-state index contributed by atoms with van der Waals surface area (Å²) in [5, 5.41) is 12.2. The molecule has 1 aliphatic rings. The largest absolute Gasteiger partial charge is 0.394 e. The number of aryl methyl sites for hydroxylation is 1. The lowest BCUT2D eigenvalue weighted by molar-refractivity contribution is 0.00319. The van der Waals surface area contributed by atoms with E-state index >= 15 is 0 Å². The molecule has 4 rings (SSSR count). The Bertz CT molecular complexity index is 1340. The van der Waals surface area contributed by atoms with Crippen LogP contribution < -0.4 is 15.8 Å². The SMILES string of the molecule is Cc1ncc(NC(=O)c2ccnc(C(C)(F)F)c2)cc1-c1cc(N2CCOC(CO)C2)n(C)c(=O)c1. The van der Waals surface area contributed by atoms with Crippen molar-refractivity contribution in [1.29, 1.82) is 0 Å². The minimum Gasteiger partial charge on any atom is -0.394 e. The van der Waals surface area contributed by atoms with E-state index in [1.54, 1.807) is 20.0 Å². The summed E-state index contributed by atoms with van der Waals surface area (Å²) in [4.78, 5) is 35.5. The number of aliphatic hydroxyl groups is 1. The number of anilines is 2. The molecule has 190 valence electrons. The average molecular weight is 500 g/mol. The number of ether oxygens (including phenoxy) is 1. The Morgan fingerprint density at radius 3 is 2.78 bits per heavy atom. The van der Waals surface area contributed by atoms with Gasteiger partial charge in [0, 0.05) is 56.1 Å². The van der Waals surface area contributed by atoms with E-state index in [9.17, 15) is 23.5 Å². The Hall–Kier alpha value is -3.70. The highest BCUT2D eigenvalue weighted by molar-refractivity contribution is 6.04. The van der Waals surface area contributed by atoms with E-state index in [0.717, 1.165) is 12.3 Å². The molecule has 0 aliphatic carbocycles. The zero-order chi connectivity index (χ0) is 26.0. The Kier molecular flexibility index (Phi) is 7.14. The summed E-state index contributed by atoms with van der Waals surface area (Å²) in [6, 6.07) is 7.43. The third kappa shape index (κ3) is 5.42. The van der Waals surface area contributed by atoms with Crippen molar-refractivity contribution in [3.05, 3.63) is 70.0 Å². The monoisotopic (exact) mass is 499 g/mol. The van der Waals surface area contributed by atoms with Gasteiger partial charge in [0.1, 0.15) is 11.5 Å². The normalized spacial score (nSPS) is 16.2. The van der Waals surface area contributed by atoms with Crippen molar-refractivity contribution in [2.45, 2.75) is 25.9 Å². The van der Waals surface area contributed by atoms with Gasteiger partial charge in [-0.2, -0.15) is 8.78 Å². The number of amides is 1. The number of aromatic nitrogens is 3. The fraction of sp³-hybridized carbons (Fsp3) is 0.360. The predicted molar refractivity (Wildman–Crippen MR) is 130 cm³/mol. The van der Waals surface area contributed by atoms with Crippen LogP contribution in [0.3, 0.4) is 0 Å². The van der Waals surface area contributed by atoms with Crippen molar-refractivity contribution in [2.75, 3.05) is 36.5 Å². The van der Waals surface area contributed by atoms with Gasteiger partial charge in [0.25, 0.3) is 17.4 Å². The average Bonchev–Trinajstić information content (AvgIpc) is 2.86. The van der Waals surface area contributed by atoms with Crippen LogP contribution in [0.4, 0.5) is 20.3 Å². The van der Waals surface area contributed by atoms with E-state index in [2.05, 4.69) is 15.3 Å². The fourth-order valence-electron chi connectivity index (χ4n) is 4.03. The molecule has 4 heterocycles. The molecule has 3 aromatic rings. The standard InChI is InChI=1S/C25H27F2N5O4/c1-15-20(17-9-22(31(3)23(34)10-17)32-6-7-36-19(13-32)14-33)11-18(12-29-15)30-24(35)16-4-5-28-21(8-16)25(2,26)27/h4-5,8-12,19,33H,6-7,13-14H2,1-3H3,(H,30,35). The van der Waals surface area contributed by atoms with Crippen LogP contribution in [0.2, 0.25) is 0 Å². The van der Waals surface area contributed by atoms with Gasteiger partial charge in [0.05, 0.1) is 31.2 Å². The van der Waals surface area contributed by atoms with E-state index < -0.39 is 17.5 Å². The summed E-state index contributed by atoms with van der Waals surface area (Å²) in [5.41, 5.74) is 1.53. The summed E-state index contributed by atoms with van der Waals surface area (Å²) in [7, 11) is 1.68. The highest BCUT2D eigenvalue weighted by atomic mass is 19.3. The second-order valence-electron chi connectivity index (χ2n) is 8.75. The summed E-state index contributed by atoms with van der Waals surface area (Å²) < 4.78 is 34.3. The minimum absolute atomic E-state index is 0.0327. The lowest BCUT2D eigenvalue weighted by Crippen LogP contribution is -2.45. The topological polar surface area (TPSA) is 110 Å². The zero-order valence-corrected chi connectivity index (χ0v) is 20.2. The van der Waals surface area contributed by atoms with Crippen LogP contribution in [-0.2, 0) is 17.7 Å². The van der Waals surface area contributed by atoms with Crippen LogP contribution in [0.1, 0.15) is 28.7 Å². The van der Waals surface area contributed by atoms with E-state index in [1.807, 2.05) is 11.0 Å². The smallest absolute Gasteiger partial charge is 0.286 e. The van der Waals surface area contributed by atoms with Crippen LogP contribution in [0.25, 0.3) is 11.1 Å². The molecular weight excluding hydrogens is 472 g/mol. The lowest BCUT2D eigenvalue weighted by Gasteiger charge is -2.34. The van der Waals surface area contributed by atoms with Gasteiger partial charge in [-0.05, 0) is 36.8 Å². The summed E-state index contributed by atoms with van der Waals surface area (Å²) >= 11 is 0. The quantitative estimate of drug-likeness (QED) is 0.537. The predicted octanol–water partition coefficient (Wildman–Crippen LogP) is 2.71. The van der Waals surface area contributed by atoms with Crippen LogP contribution in [0, 0.1) is 6.92 Å². The number of carbonyl (C=O) groups excluding carboxylic acids is 1. The maximum Gasteiger partial charge on any atom is 0.286 e. The number of alkyl halides is 2. The van der Waals surface area contributed by atoms with Gasteiger partial charge in [-0.1, -0.05) is 0 Å². The van der Waals surface area contributed by atoms with Crippen molar-refractivity contribution < 1.29 is 23.4 Å². The molecule has 0 spiro atoms. The number of pyridine rings is 3. The summed E-state index contributed by atoms with van der Waals surface area (Å²) in [5.74, 6) is -3.10. The number of aliphatic hydroxyl groups excluding tert-OH is 1. The third-order valence-corrected chi connectivity index (χ3v) is 6.03. The van der Waals surface area contributed by atoms with Crippen molar-refractivity contribution in [2.24, 2.45) is 7.05 Å². The number of carbonyl (C=O) groups is 1. The van der Waals surface area contributed by atoms with Gasteiger partial charge in [0.2, 0.25) is 0 Å². The molecule has 36 heavy (non-hydrogen) atoms. The molecule has 11 heteroatoms. The van der Waals surface area contributed by atoms with Crippen LogP contribution >= 0.6 is 0 Å². The number of hydrogen-bond acceptors (Lipinski definition) is 7. The first-order chi connectivity index (χ1) is 17.1. The van der Waals surface area contributed by atoms with Crippen LogP contribution in [-0.4, -0.2) is 58.0 Å². The summed E-state index contributed by atoms with van der Waals surface area (Å²) in [6.45, 7) is 3.80. The van der Waals surface area contributed by atoms with Crippen molar-refractivity contribution in [1.82, 2.24) is 14.5 Å². The van der Waals surface area contributed by atoms with Gasteiger partial charge in [0.15, 0.2) is 0 Å². The summed E-state index contributed by atoms with van der Waals surface area (Å²) in [6.07, 6.45) is 2.28. The van der Waals surface area contributed by atoms with Gasteiger partial charge in [-0.25, -0.2) is 0 Å². The number of nitrogens with one attached hydrogen (secondary N) is 1.